The van der Waals surface area contributed by atoms with Gasteiger partial charge in [0.15, 0.2) is 17.9 Å². The monoisotopic (exact) mass is 469 g/mol. The summed E-state index contributed by atoms with van der Waals surface area (Å²) in [6.07, 6.45) is 2.83. The van der Waals surface area contributed by atoms with Crippen LogP contribution in [0, 0.1) is 5.82 Å². The average Bonchev–Trinajstić information content (AvgIpc) is 3.61. The first-order valence-corrected chi connectivity index (χ1v) is 11.9. The van der Waals surface area contributed by atoms with E-state index in [1.807, 2.05) is 45.0 Å². The van der Waals surface area contributed by atoms with Gasteiger partial charge in [0.2, 0.25) is 0 Å². The third-order valence-corrected chi connectivity index (χ3v) is 5.86. The van der Waals surface area contributed by atoms with Crippen molar-refractivity contribution in [1.82, 2.24) is 0 Å². The van der Waals surface area contributed by atoms with Gasteiger partial charge in [-0.05, 0) is 76.4 Å². The van der Waals surface area contributed by atoms with Gasteiger partial charge in [-0.2, -0.15) is 0 Å². The number of rotatable bonds is 9. The zero-order valence-corrected chi connectivity index (χ0v) is 20.5. The van der Waals surface area contributed by atoms with Crippen LogP contribution < -0.4 is 4.90 Å². The molecule has 0 atom stereocenters. The number of hydrogen-bond donors (Lipinski definition) is 0. The second-order valence-electron chi connectivity index (χ2n) is 8.04. The number of nitrogens with zero attached hydrogens (tertiary/aromatic N) is 1. The second kappa shape index (κ2) is 13.2. The molecule has 2 aromatic rings. The summed E-state index contributed by atoms with van der Waals surface area (Å²) in [4.78, 5) is 27.0. The molecule has 6 heteroatoms. The van der Waals surface area contributed by atoms with E-state index in [9.17, 15) is 14.0 Å². The van der Waals surface area contributed by atoms with Crippen LogP contribution in [0.25, 0.3) is 0 Å². The zero-order valence-electron chi connectivity index (χ0n) is 20.5. The Kier molecular flexibility index (Phi) is 10.6. The Morgan fingerprint density at radius 2 is 1.65 bits per heavy atom. The van der Waals surface area contributed by atoms with Gasteiger partial charge >= 0.3 is 0 Å². The van der Waals surface area contributed by atoms with Gasteiger partial charge in [-0.1, -0.05) is 12.1 Å². The number of benzene rings is 2. The number of ether oxygens (including phenoxy) is 2. The highest BCUT2D eigenvalue weighted by atomic mass is 19.1. The Bertz CT molecular complexity index is 934. The minimum atomic E-state index is -0.345. The third kappa shape index (κ3) is 6.61. The molecule has 0 aromatic heterocycles. The topological polar surface area (TPSA) is 55.8 Å². The first kappa shape index (κ1) is 27.4. The van der Waals surface area contributed by atoms with Gasteiger partial charge in [-0.15, -0.1) is 13.2 Å². The molecule has 2 aromatic carbocycles. The fourth-order valence-electron chi connectivity index (χ4n) is 4.15. The number of hydrogen-bond acceptors (Lipinski definition) is 5. The smallest absolute Gasteiger partial charge is 0.190 e. The number of anilines is 1. The van der Waals surface area contributed by atoms with Crippen LogP contribution in [-0.2, 0) is 9.47 Å². The first-order valence-electron chi connectivity index (χ1n) is 11.9. The molecule has 34 heavy (non-hydrogen) atoms. The summed E-state index contributed by atoms with van der Waals surface area (Å²) in [6.45, 7) is 13.9. The van der Waals surface area contributed by atoms with Gasteiger partial charge < -0.3 is 14.4 Å². The van der Waals surface area contributed by atoms with Gasteiger partial charge in [-0.3, -0.25) is 9.59 Å². The normalized spacial score (nSPS) is 14.7. The Morgan fingerprint density at radius 3 is 2.21 bits per heavy atom. The lowest BCUT2D eigenvalue weighted by Gasteiger charge is -2.26. The van der Waals surface area contributed by atoms with Crippen molar-refractivity contribution in [2.45, 2.75) is 58.3 Å². The van der Waals surface area contributed by atoms with Gasteiger partial charge in [0.25, 0.3) is 0 Å². The molecule has 2 aliphatic rings. The van der Waals surface area contributed by atoms with Crippen molar-refractivity contribution < 1.29 is 23.5 Å². The number of carbonyl (C=O) groups excluding carboxylic acids is 2. The van der Waals surface area contributed by atoms with Crippen LogP contribution in [0.2, 0.25) is 0 Å². The van der Waals surface area contributed by atoms with Crippen LogP contribution >= 0.6 is 0 Å². The molecule has 1 aliphatic carbocycles. The lowest BCUT2D eigenvalue weighted by molar-refractivity contribution is -0.123. The lowest BCUT2D eigenvalue weighted by Crippen LogP contribution is -2.38. The fourth-order valence-corrected chi connectivity index (χ4v) is 4.15. The molecule has 0 saturated heterocycles. The van der Waals surface area contributed by atoms with Crippen LogP contribution in [-0.4, -0.2) is 43.2 Å². The molecule has 1 spiro atoms. The van der Waals surface area contributed by atoms with Gasteiger partial charge in [0, 0.05) is 43.0 Å². The number of carbonyl (C=O) groups is 2. The van der Waals surface area contributed by atoms with Crippen molar-refractivity contribution in [1.29, 1.82) is 0 Å². The number of halogens is 1. The molecule has 4 rings (SSSR count). The maximum atomic E-state index is 12.9. The molecule has 1 saturated carbocycles. The van der Waals surface area contributed by atoms with E-state index in [-0.39, 0.29) is 29.2 Å². The molecule has 1 aliphatic heterocycles. The van der Waals surface area contributed by atoms with E-state index in [2.05, 4.69) is 18.1 Å². The molecular weight excluding hydrogens is 433 g/mol. The molecule has 0 N–H and O–H groups in total. The molecule has 1 heterocycles. The highest BCUT2D eigenvalue weighted by molar-refractivity contribution is 6.15. The van der Waals surface area contributed by atoms with Crippen molar-refractivity contribution in [2.24, 2.45) is 0 Å². The Labute approximate surface area is 202 Å². The fraction of sp³-hybridized carbons (Fsp3) is 0.429. The number of fused-ring (bicyclic) bond motifs is 1. The third-order valence-electron chi connectivity index (χ3n) is 5.86. The van der Waals surface area contributed by atoms with Crippen LogP contribution in [0.4, 0.5) is 10.1 Å². The van der Waals surface area contributed by atoms with Crippen LogP contribution in [0.15, 0.2) is 61.7 Å². The van der Waals surface area contributed by atoms with E-state index < -0.39 is 0 Å². The van der Waals surface area contributed by atoms with Crippen LogP contribution in [0.1, 0.15) is 67.2 Å². The van der Waals surface area contributed by atoms with Crippen molar-refractivity contribution in [3.05, 3.63) is 78.6 Å². The Hall–Kier alpha value is -2.83. The van der Waals surface area contributed by atoms with E-state index in [4.69, 9.17) is 9.47 Å². The summed E-state index contributed by atoms with van der Waals surface area (Å²) in [6, 6.07) is 13.4. The van der Waals surface area contributed by atoms with Gasteiger partial charge in [0.05, 0.1) is 0 Å². The first-order chi connectivity index (χ1) is 16.4. The number of ketones is 2. The Balaban J connectivity index is 0.000000350. The van der Waals surface area contributed by atoms with Gasteiger partial charge in [0.1, 0.15) is 11.4 Å². The minimum absolute atomic E-state index is 0.0126. The van der Waals surface area contributed by atoms with E-state index in [1.54, 1.807) is 0 Å². The van der Waals surface area contributed by atoms with Gasteiger partial charge in [-0.25, -0.2) is 4.39 Å². The Morgan fingerprint density at radius 1 is 1.06 bits per heavy atom. The predicted molar refractivity (Wildman–Crippen MR) is 134 cm³/mol. The van der Waals surface area contributed by atoms with Crippen LogP contribution in [0.3, 0.4) is 0 Å². The number of Topliss-reactive ketones (excluding diaryl/α,β-unsaturated/α-hetero) is 2. The minimum Gasteiger partial charge on any atom is -0.358 e. The maximum absolute atomic E-state index is 12.9. The van der Waals surface area contributed by atoms with E-state index >= 15 is 0 Å². The standard InChI is InChI=1S/C20H18FNO2.C6H14O2.C2H4/c21-15-9-7-14(8-10-15)18(23)6-3-13-22-17-5-2-1-4-16(17)19(24)20(22)11-12-20;1-4-7-6(3)8-5-2;1-2/h1-2,4-5,7-10H,3,6,11-13H2;6H,4-5H2,1-3H3;1-2H2. The summed E-state index contributed by atoms with van der Waals surface area (Å²) in [5.74, 6) is -0.101. The highest BCUT2D eigenvalue weighted by Gasteiger charge is 2.59. The number of para-hydroxylation sites is 1. The SMILES string of the molecule is C=C.CCOC(C)OCC.O=C(CCCN1c2ccccc2C(=O)C12CC2)c1ccc(F)cc1. The van der Waals surface area contributed by atoms with Crippen molar-refractivity contribution in [3.8, 4) is 0 Å². The largest absolute Gasteiger partial charge is 0.358 e. The summed E-state index contributed by atoms with van der Waals surface area (Å²) in [5, 5.41) is 0. The predicted octanol–water partition coefficient (Wildman–Crippen LogP) is 6.23. The van der Waals surface area contributed by atoms with E-state index in [0.717, 1.165) is 37.3 Å². The van der Waals surface area contributed by atoms with E-state index in [0.29, 0.717) is 24.9 Å². The van der Waals surface area contributed by atoms with Crippen molar-refractivity contribution >= 4 is 17.3 Å². The zero-order chi connectivity index (χ0) is 25.1. The summed E-state index contributed by atoms with van der Waals surface area (Å²) in [5.41, 5.74) is 1.99. The summed E-state index contributed by atoms with van der Waals surface area (Å²) in [7, 11) is 0. The maximum Gasteiger partial charge on any atom is 0.190 e. The second-order valence-corrected chi connectivity index (χ2v) is 8.04. The quantitative estimate of drug-likeness (QED) is 0.247. The molecule has 184 valence electrons. The molecular formula is C28H36FNO4. The molecule has 0 radical (unpaired) electrons. The average molecular weight is 470 g/mol. The van der Waals surface area contributed by atoms with Crippen LogP contribution in [0.5, 0.6) is 0 Å². The van der Waals surface area contributed by atoms with Crippen molar-refractivity contribution in [3.63, 3.8) is 0 Å². The molecule has 1 fully saturated rings. The van der Waals surface area contributed by atoms with E-state index in [1.165, 1.54) is 24.3 Å². The lowest BCUT2D eigenvalue weighted by atomic mass is 10.1. The van der Waals surface area contributed by atoms with Crippen molar-refractivity contribution in [2.75, 3.05) is 24.7 Å². The molecule has 5 nitrogen and oxygen atoms in total. The highest BCUT2D eigenvalue weighted by Crippen LogP contribution is 2.52. The summed E-state index contributed by atoms with van der Waals surface area (Å²) >= 11 is 0. The molecule has 0 amide bonds. The molecule has 0 bridgehead atoms. The molecule has 0 unspecified atom stereocenters. The summed E-state index contributed by atoms with van der Waals surface area (Å²) < 4.78 is 23.0.